The molecule has 0 radical (unpaired) electrons. The summed E-state index contributed by atoms with van der Waals surface area (Å²) in [5.74, 6) is 0.313. The lowest BCUT2D eigenvalue weighted by molar-refractivity contribution is 0.0461. The van der Waals surface area contributed by atoms with E-state index in [4.69, 9.17) is 9.47 Å². The van der Waals surface area contributed by atoms with Crippen molar-refractivity contribution in [2.75, 3.05) is 0 Å². The number of aryl methyl sites for hydroxylation is 1. The Morgan fingerprint density at radius 2 is 1.96 bits per heavy atom. The lowest BCUT2D eigenvalue weighted by Crippen LogP contribution is -2.07. The molecule has 0 amide bonds. The second-order valence-electron chi connectivity index (χ2n) is 5.13. The fraction of sp³-hybridized carbons (Fsp3) is 0.167. The van der Waals surface area contributed by atoms with E-state index in [0.717, 1.165) is 10.8 Å². The van der Waals surface area contributed by atoms with Crippen molar-refractivity contribution in [2.45, 2.75) is 20.1 Å². The summed E-state index contributed by atoms with van der Waals surface area (Å²) in [4.78, 5) is 20.4. The molecule has 3 aromatic rings. The summed E-state index contributed by atoms with van der Waals surface area (Å²) in [5, 5.41) is 2.40. The lowest BCUT2D eigenvalue weighted by atomic mass is 10.2. The van der Waals surface area contributed by atoms with Crippen LogP contribution in [0.15, 0.2) is 54.0 Å². The maximum atomic E-state index is 12.0. The molecule has 6 heteroatoms. The Bertz CT molecular complexity index is 801. The van der Waals surface area contributed by atoms with Crippen molar-refractivity contribution >= 4 is 17.3 Å². The molecular formula is C18H16N2O3S. The number of nitrogens with zero attached hydrogens (tertiary/aromatic N) is 2. The Morgan fingerprint density at radius 3 is 2.71 bits per heavy atom. The van der Waals surface area contributed by atoms with Crippen LogP contribution in [0.5, 0.6) is 5.75 Å². The van der Waals surface area contributed by atoms with E-state index in [1.807, 2.05) is 43.3 Å². The average molecular weight is 340 g/mol. The van der Waals surface area contributed by atoms with Gasteiger partial charge in [-0.1, -0.05) is 23.8 Å². The van der Waals surface area contributed by atoms with Crippen LogP contribution in [0.1, 0.15) is 26.8 Å². The molecule has 0 atom stereocenters. The zero-order valence-corrected chi connectivity index (χ0v) is 14.0. The molecule has 0 saturated carbocycles. The van der Waals surface area contributed by atoms with Crippen LogP contribution in [-0.4, -0.2) is 15.9 Å². The highest BCUT2D eigenvalue weighted by Crippen LogP contribution is 2.16. The summed E-state index contributed by atoms with van der Waals surface area (Å²) in [6, 6.07) is 13.2. The predicted octanol–water partition coefficient (Wildman–Crippen LogP) is 3.78. The third kappa shape index (κ3) is 4.39. The number of esters is 1. The third-order valence-electron chi connectivity index (χ3n) is 3.22. The van der Waals surface area contributed by atoms with E-state index in [1.165, 1.54) is 16.9 Å². The average Bonchev–Trinajstić information content (AvgIpc) is 3.09. The molecule has 0 aliphatic rings. The maximum Gasteiger partial charge on any atom is 0.358 e. The maximum absolute atomic E-state index is 12.0. The van der Waals surface area contributed by atoms with E-state index in [2.05, 4.69) is 9.97 Å². The van der Waals surface area contributed by atoms with E-state index in [0.29, 0.717) is 18.0 Å². The van der Waals surface area contributed by atoms with Gasteiger partial charge in [-0.15, -0.1) is 11.3 Å². The third-order valence-corrected chi connectivity index (χ3v) is 4.04. The fourth-order valence-electron chi connectivity index (χ4n) is 1.95. The molecule has 24 heavy (non-hydrogen) atoms. The van der Waals surface area contributed by atoms with Gasteiger partial charge >= 0.3 is 5.97 Å². The number of benzene rings is 1. The zero-order valence-electron chi connectivity index (χ0n) is 13.1. The lowest BCUT2D eigenvalue weighted by Gasteiger charge is -2.04. The first-order valence-electron chi connectivity index (χ1n) is 7.41. The molecule has 0 aliphatic carbocycles. The van der Waals surface area contributed by atoms with Crippen LogP contribution >= 0.6 is 11.3 Å². The number of pyridine rings is 1. The first-order chi connectivity index (χ1) is 11.7. The highest BCUT2D eigenvalue weighted by Gasteiger charge is 2.13. The van der Waals surface area contributed by atoms with Crippen molar-refractivity contribution in [2.24, 2.45) is 0 Å². The Kier molecular flexibility index (Phi) is 5.18. The largest absolute Gasteiger partial charge is 0.486 e. The minimum absolute atomic E-state index is 0.131. The van der Waals surface area contributed by atoms with E-state index in [-0.39, 0.29) is 6.61 Å². The van der Waals surface area contributed by atoms with Gasteiger partial charge < -0.3 is 9.47 Å². The molecule has 5 nitrogen and oxygen atoms in total. The molecule has 122 valence electrons. The number of carbonyl (C=O) groups is 1. The topological polar surface area (TPSA) is 61.3 Å². The first kappa shape index (κ1) is 16.1. The van der Waals surface area contributed by atoms with Gasteiger partial charge in [-0.2, -0.15) is 0 Å². The molecule has 0 fully saturated rings. The number of ether oxygens (including phenoxy) is 2. The van der Waals surface area contributed by atoms with Gasteiger partial charge in [0.15, 0.2) is 5.69 Å². The molecule has 0 unspecified atom stereocenters. The van der Waals surface area contributed by atoms with Crippen LogP contribution in [0.2, 0.25) is 0 Å². The summed E-state index contributed by atoms with van der Waals surface area (Å²) < 4.78 is 10.9. The van der Waals surface area contributed by atoms with Gasteiger partial charge in [-0.25, -0.2) is 9.78 Å². The molecule has 3 rings (SSSR count). The highest BCUT2D eigenvalue weighted by molar-refractivity contribution is 7.09. The quantitative estimate of drug-likeness (QED) is 0.639. The molecule has 0 aliphatic heterocycles. The zero-order chi connectivity index (χ0) is 16.8. The van der Waals surface area contributed by atoms with Crippen molar-refractivity contribution in [3.63, 3.8) is 0 Å². The molecule has 2 heterocycles. The van der Waals surface area contributed by atoms with Crippen LogP contribution in [0.3, 0.4) is 0 Å². The number of hydrogen-bond acceptors (Lipinski definition) is 6. The van der Waals surface area contributed by atoms with Gasteiger partial charge in [-0.3, -0.25) is 4.98 Å². The number of aromatic nitrogens is 2. The van der Waals surface area contributed by atoms with Gasteiger partial charge in [0.25, 0.3) is 0 Å². The van der Waals surface area contributed by atoms with E-state index >= 15 is 0 Å². The van der Waals surface area contributed by atoms with Crippen molar-refractivity contribution < 1.29 is 14.3 Å². The number of thiazole rings is 1. The Morgan fingerprint density at radius 1 is 1.12 bits per heavy atom. The van der Waals surface area contributed by atoms with Gasteiger partial charge in [0.2, 0.25) is 0 Å². The Hall–Kier alpha value is -2.73. The molecule has 0 spiro atoms. The number of rotatable bonds is 6. The van der Waals surface area contributed by atoms with Crippen molar-refractivity contribution in [3.05, 3.63) is 76.0 Å². The van der Waals surface area contributed by atoms with Crippen molar-refractivity contribution in [1.29, 1.82) is 0 Å². The standard InChI is InChI=1S/C18H16N2O3S/c1-13-5-7-15(8-6-13)22-11-17-20-16(12-24-17)18(21)23-10-14-4-2-3-9-19-14/h2-9,12H,10-11H2,1H3. The molecule has 0 saturated heterocycles. The van der Waals surface area contributed by atoms with Crippen molar-refractivity contribution in [3.8, 4) is 5.75 Å². The smallest absolute Gasteiger partial charge is 0.358 e. The summed E-state index contributed by atoms with van der Waals surface area (Å²) in [7, 11) is 0. The number of hydrogen-bond donors (Lipinski definition) is 0. The normalized spacial score (nSPS) is 10.4. The fourth-order valence-corrected chi connectivity index (χ4v) is 2.62. The molecule has 2 aromatic heterocycles. The minimum atomic E-state index is -0.460. The second-order valence-corrected chi connectivity index (χ2v) is 6.07. The van der Waals surface area contributed by atoms with Crippen molar-refractivity contribution in [1.82, 2.24) is 9.97 Å². The summed E-state index contributed by atoms with van der Waals surface area (Å²) in [5.41, 5.74) is 2.16. The van der Waals surface area contributed by atoms with E-state index in [1.54, 1.807) is 17.6 Å². The second kappa shape index (κ2) is 7.70. The highest BCUT2D eigenvalue weighted by atomic mass is 32.1. The predicted molar refractivity (Wildman–Crippen MR) is 91.0 cm³/mol. The van der Waals surface area contributed by atoms with Crippen LogP contribution in [0, 0.1) is 6.92 Å². The van der Waals surface area contributed by atoms with Gasteiger partial charge in [0, 0.05) is 11.6 Å². The number of carbonyl (C=O) groups excluding carboxylic acids is 1. The van der Waals surface area contributed by atoms with Gasteiger partial charge in [0.1, 0.15) is 24.0 Å². The van der Waals surface area contributed by atoms with Crippen LogP contribution in [0.4, 0.5) is 0 Å². The molecule has 1 aromatic carbocycles. The monoisotopic (exact) mass is 340 g/mol. The van der Waals surface area contributed by atoms with Gasteiger partial charge in [0.05, 0.1) is 5.69 Å². The molecular weight excluding hydrogens is 324 g/mol. The van der Waals surface area contributed by atoms with Gasteiger partial charge in [-0.05, 0) is 31.2 Å². The minimum Gasteiger partial charge on any atom is -0.486 e. The Balaban J connectivity index is 1.52. The summed E-state index contributed by atoms with van der Waals surface area (Å²) in [6.07, 6.45) is 1.66. The summed E-state index contributed by atoms with van der Waals surface area (Å²) >= 11 is 1.37. The molecule has 0 N–H and O–H groups in total. The van der Waals surface area contributed by atoms with Crippen LogP contribution in [0.25, 0.3) is 0 Å². The van der Waals surface area contributed by atoms with Crippen LogP contribution < -0.4 is 4.74 Å². The van der Waals surface area contributed by atoms with Crippen LogP contribution in [-0.2, 0) is 18.0 Å². The van der Waals surface area contributed by atoms with E-state index in [9.17, 15) is 4.79 Å². The Labute approximate surface area is 143 Å². The first-order valence-corrected chi connectivity index (χ1v) is 8.29. The summed E-state index contributed by atoms with van der Waals surface area (Å²) in [6.45, 7) is 2.47. The van der Waals surface area contributed by atoms with E-state index < -0.39 is 5.97 Å². The SMILES string of the molecule is Cc1ccc(OCc2nc(C(=O)OCc3ccccn3)cs2)cc1. The molecule has 0 bridgehead atoms.